The van der Waals surface area contributed by atoms with E-state index in [1.165, 1.54) is 0 Å². The molecule has 60 valence electrons. The molecule has 1 N–H and O–H groups in total. The summed E-state index contributed by atoms with van der Waals surface area (Å²) < 4.78 is 4.91. The van der Waals surface area contributed by atoms with Crippen LogP contribution in [0.4, 0.5) is 0 Å². The van der Waals surface area contributed by atoms with Crippen LogP contribution in [0.1, 0.15) is 33.1 Å². The third-order valence-electron chi connectivity index (χ3n) is 1.06. The molecule has 0 aromatic rings. The Bertz CT molecular complexity index is 97.4. The van der Waals surface area contributed by atoms with Gasteiger partial charge in [-0.25, -0.2) is 0 Å². The predicted octanol–water partition coefficient (Wildman–Crippen LogP) is 2.61. The highest BCUT2D eigenvalue weighted by molar-refractivity contribution is 4.80. The van der Waals surface area contributed by atoms with Gasteiger partial charge in [-0.1, -0.05) is 20.3 Å². The molecule has 2 heteroatoms. The Hall–Kier alpha value is -0.660. The normalized spacial score (nSPS) is 11.6. The molecule has 0 heterocycles. The summed E-state index contributed by atoms with van der Waals surface area (Å²) >= 11 is 0. The van der Waals surface area contributed by atoms with Crippen LogP contribution in [-0.4, -0.2) is 11.7 Å². The fourth-order valence-electron chi connectivity index (χ4n) is 0.533. The lowest BCUT2D eigenvalue weighted by Gasteiger charge is -2.00. The Morgan fingerprint density at radius 2 is 2.10 bits per heavy atom. The minimum absolute atomic E-state index is 0.0729. The average Bonchev–Trinajstić information content (AvgIpc) is 1.97. The minimum Gasteiger partial charge on any atom is -0.481 e. The van der Waals surface area contributed by atoms with Crippen molar-refractivity contribution in [3.63, 3.8) is 0 Å². The van der Waals surface area contributed by atoms with E-state index in [0.29, 0.717) is 6.61 Å². The number of aliphatic hydroxyl groups is 1. The first-order valence-electron chi connectivity index (χ1n) is 3.83. The standard InChI is InChI=1S/C8H16O2/c1-3-5-6-8(9)10-7-4-2/h6,9H,3-5,7H2,1-2H3. The summed E-state index contributed by atoms with van der Waals surface area (Å²) in [4.78, 5) is 0. The molecule has 0 radical (unpaired) electrons. The van der Waals surface area contributed by atoms with Crippen molar-refractivity contribution in [3.8, 4) is 0 Å². The van der Waals surface area contributed by atoms with Crippen molar-refractivity contribution in [2.75, 3.05) is 6.61 Å². The Kier molecular flexibility index (Phi) is 6.03. The van der Waals surface area contributed by atoms with Crippen LogP contribution >= 0.6 is 0 Å². The Labute approximate surface area is 62.5 Å². The quantitative estimate of drug-likeness (QED) is 0.601. The summed E-state index contributed by atoms with van der Waals surface area (Å²) in [5.41, 5.74) is 0. The fraction of sp³-hybridized carbons (Fsp3) is 0.750. The molecule has 0 saturated heterocycles. The maximum atomic E-state index is 8.95. The molecule has 0 saturated carbocycles. The monoisotopic (exact) mass is 144 g/mol. The third kappa shape index (κ3) is 5.48. The van der Waals surface area contributed by atoms with E-state index in [0.717, 1.165) is 19.3 Å². The molecule has 0 aliphatic rings. The number of rotatable bonds is 5. The Morgan fingerprint density at radius 1 is 1.40 bits per heavy atom. The molecule has 0 bridgehead atoms. The molecule has 0 aromatic carbocycles. The molecule has 0 amide bonds. The highest BCUT2D eigenvalue weighted by Gasteiger charge is 1.89. The molecule has 10 heavy (non-hydrogen) atoms. The van der Waals surface area contributed by atoms with Gasteiger partial charge in [-0.15, -0.1) is 0 Å². The highest BCUT2D eigenvalue weighted by atomic mass is 16.6. The summed E-state index contributed by atoms with van der Waals surface area (Å²) in [6, 6.07) is 0. The fourth-order valence-corrected chi connectivity index (χ4v) is 0.533. The van der Waals surface area contributed by atoms with Crippen LogP contribution in [0.3, 0.4) is 0 Å². The number of hydrogen-bond donors (Lipinski definition) is 1. The lowest BCUT2D eigenvalue weighted by molar-refractivity contribution is 0.0923. The largest absolute Gasteiger partial charge is 0.481 e. The summed E-state index contributed by atoms with van der Waals surface area (Å²) in [6.07, 6.45) is 4.56. The van der Waals surface area contributed by atoms with Crippen LogP contribution in [0.25, 0.3) is 0 Å². The number of allylic oxidation sites excluding steroid dienone is 1. The van der Waals surface area contributed by atoms with Gasteiger partial charge in [-0.2, -0.15) is 0 Å². The second-order valence-corrected chi connectivity index (χ2v) is 2.18. The number of hydrogen-bond acceptors (Lipinski definition) is 2. The van der Waals surface area contributed by atoms with E-state index in [1.807, 2.05) is 6.92 Å². The van der Waals surface area contributed by atoms with Crippen molar-refractivity contribution < 1.29 is 9.84 Å². The van der Waals surface area contributed by atoms with Crippen LogP contribution in [0, 0.1) is 0 Å². The first-order chi connectivity index (χ1) is 4.81. The van der Waals surface area contributed by atoms with Gasteiger partial charge < -0.3 is 9.84 Å². The van der Waals surface area contributed by atoms with Gasteiger partial charge >= 0.3 is 0 Å². The van der Waals surface area contributed by atoms with Crippen molar-refractivity contribution in [2.45, 2.75) is 33.1 Å². The first kappa shape index (κ1) is 9.34. The van der Waals surface area contributed by atoms with Crippen molar-refractivity contribution in [2.24, 2.45) is 0 Å². The zero-order valence-electron chi connectivity index (χ0n) is 6.76. The lowest BCUT2D eigenvalue weighted by Crippen LogP contribution is -1.91. The van der Waals surface area contributed by atoms with E-state index in [9.17, 15) is 0 Å². The topological polar surface area (TPSA) is 29.5 Å². The molecule has 0 aliphatic heterocycles. The molecule has 2 nitrogen and oxygen atoms in total. The van der Waals surface area contributed by atoms with Crippen LogP contribution in [0.15, 0.2) is 12.0 Å². The molecule has 0 unspecified atom stereocenters. The van der Waals surface area contributed by atoms with E-state index in [2.05, 4.69) is 6.92 Å². The van der Waals surface area contributed by atoms with Crippen molar-refractivity contribution >= 4 is 0 Å². The van der Waals surface area contributed by atoms with Gasteiger partial charge in [0, 0.05) is 0 Å². The predicted molar refractivity (Wildman–Crippen MR) is 41.9 cm³/mol. The molecule has 0 fully saturated rings. The summed E-state index contributed by atoms with van der Waals surface area (Å²) in [6.45, 7) is 4.67. The van der Waals surface area contributed by atoms with Crippen LogP contribution in [0.2, 0.25) is 0 Å². The third-order valence-corrected chi connectivity index (χ3v) is 1.06. The summed E-state index contributed by atoms with van der Waals surface area (Å²) in [5.74, 6) is 0.0729. The van der Waals surface area contributed by atoms with E-state index >= 15 is 0 Å². The summed E-state index contributed by atoms with van der Waals surface area (Å²) in [7, 11) is 0. The van der Waals surface area contributed by atoms with Gasteiger partial charge in [0.25, 0.3) is 5.95 Å². The smallest absolute Gasteiger partial charge is 0.272 e. The molecular formula is C8H16O2. The second kappa shape index (κ2) is 6.46. The van der Waals surface area contributed by atoms with Gasteiger partial charge in [0.1, 0.15) is 0 Å². The van der Waals surface area contributed by atoms with E-state index in [4.69, 9.17) is 9.84 Å². The first-order valence-corrected chi connectivity index (χ1v) is 3.83. The molecule has 0 rings (SSSR count). The molecule has 0 atom stereocenters. The van der Waals surface area contributed by atoms with Crippen molar-refractivity contribution in [1.29, 1.82) is 0 Å². The van der Waals surface area contributed by atoms with Gasteiger partial charge in [0.2, 0.25) is 0 Å². The summed E-state index contributed by atoms with van der Waals surface area (Å²) in [5, 5.41) is 8.95. The van der Waals surface area contributed by atoms with Gasteiger partial charge in [0.05, 0.1) is 6.61 Å². The maximum Gasteiger partial charge on any atom is 0.272 e. The Balaban J connectivity index is 3.30. The zero-order chi connectivity index (χ0) is 7.82. The maximum absolute atomic E-state index is 8.95. The molecular weight excluding hydrogens is 128 g/mol. The van der Waals surface area contributed by atoms with Crippen LogP contribution < -0.4 is 0 Å². The number of aliphatic hydroxyl groups excluding tert-OH is 1. The molecule has 0 spiro atoms. The van der Waals surface area contributed by atoms with Gasteiger partial charge in [-0.05, 0) is 18.9 Å². The number of unbranched alkanes of at least 4 members (excludes halogenated alkanes) is 1. The van der Waals surface area contributed by atoms with E-state index < -0.39 is 0 Å². The molecule has 0 aliphatic carbocycles. The number of ether oxygens (including phenoxy) is 1. The van der Waals surface area contributed by atoms with Crippen molar-refractivity contribution in [1.82, 2.24) is 0 Å². The SMILES string of the molecule is CCCC=C(O)OCCC. The average molecular weight is 144 g/mol. The van der Waals surface area contributed by atoms with E-state index in [1.54, 1.807) is 6.08 Å². The highest BCUT2D eigenvalue weighted by Crippen LogP contribution is 1.97. The molecule has 0 aromatic heterocycles. The van der Waals surface area contributed by atoms with E-state index in [-0.39, 0.29) is 5.95 Å². The van der Waals surface area contributed by atoms with Gasteiger partial charge in [-0.3, -0.25) is 0 Å². The van der Waals surface area contributed by atoms with Crippen molar-refractivity contribution in [3.05, 3.63) is 12.0 Å². The van der Waals surface area contributed by atoms with Crippen LogP contribution in [-0.2, 0) is 4.74 Å². The zero-order valence-corrected chi connectivity index (χ0v) is 6.76. The Morgan fingerprint density at radius 3 is 2.60 bits per heavy atom. The van der Waals surface area contributed by atoms with Crippen LogP contribution in [0.5, 0.6) is 0 Å². The lowest BCUT2D eigenvalue weighted by atomic mass is 10.3. The van der Waals surface area contributed by atoms with Gasteiger partial charge in [0.15, 0.2) is 0 Å². The second-order valence-electron chi connectivity index (χ2n) is 2.18. The minimum atomic E-state index is 0.0729.